The molecule has 29 heavy (non-hydrogen) atoms. The summed E-state index contributed by atoms with van der Waals surface area (Å²) in [7, 11) is 0. The van der Waals surface area contributed by atoms with E-state index in [1.165, 1.54) is 23.0 Å². The van der Waals surface area contributed by atoms with Gasteiger partial charge in [0.1, 0.15) is 6.61 Å². The van der Waals surface area contributed by atoms with E-state index in [0.717, 1.165) is 17.7 Å². The van der Waals surface area contributed by atoms with Crippen LogP contribution in [0.1, 0.15) is 17.2 Å². The van der Waals surface area contributed by atoms with Crippen LogP contribution in [0.15, 0.2) is 70.3 Å². The fraction of sp³-hybridized carbons (Fsp3) is 0.211. The van der Waals surface area contributed by atoms with Crippen LogP contribution >= 0.6 is 0 Å². The van der Waals surface area contributed by atoms with Gasteiger partial charge in [0.2, 0.25) is 11.3 Å². The molecule has 7 nitrogen and oxygen atoms in total. The molecule has 0 unspecified atom stereocenters. The number of hydrogen-bond acceptors (Lipinski definition) is 5. The second-order valence-electron chi connectivity index (χ2n) is 6.17. The number of anilines is 1. The van der Waals surface area contributed by atoms with E-state index in [2.05, 4.69) is 15.6 Å². The van der Waals surface area contributed by atoms with Crippen molar-refractivity contribution in [3.63, 3.8) is 0 Å². The number of halogens is 3. The van der Waals surface area contributed by atoms with Gasteiger partial charge in [-0.05, 0) is 28.4 Å². The lowest BCUT2D eigenvalue weighted by molar-refractivity contribution is -0.786. The molecule has 1 heterocycles. The predicted octanol–water partition coefficient (Wildman–Crippen LogP) is 2.22. The highest BCUT2D eigenvalue weighted by Crippen LogP contribution is 2.30. The Bertz CT molecular complexity index is 974. The highest BCUT2D eigenvalue weighted by Gasteiger charge is 2.30. The van der Waals surface area contributed by atoms with E-state index < -0.39 is 23.8 Å². The predicted molar refractivity (Wildman–Crippen MR) is 95.1 cm³/mol. The van der Waals surface area contributed by atoms with Gasteiger partial charge in [-0.25, -0.2) is 4.99 Å². The van der Waals surface area contributed by atoms with Gasteiger partial charge < -0.3 is 15.5 Å². The molecule has 3 aromatic rings. The van der Waals surface area contributed by atoms with Gasteiger partial charge in [0.25, 0.3) is 6.20 Å². The molecule has 0 aliphatic carbocycles. The quantitative estimate of drug-likeness (QED) is 0.372. The van der Waals surface area contributed by atoms with E-state index in [0.29, 0.717) is 6.42 Å². The van der Waals surface area contributed by atoms with Crippen LogP contribution in [0.4, 0.5) is 24.7 Å². The lowest BCUT2D eigenvalue weighted by atomic mass is 10.1. The molecule has 1 aromatic heterocycles. The van der Waals surface area contributed by atoms with Crippen LogP contribution in [0.25, 0.3) is 0 Å². The zero-order valence-corrected chi connectivity index (χ0v) is 15.0. The summed E-state index contributed by atoms with van der Waals surface area (Å²) in [5.74, 6) is -0.152. The summed E-state index contributed by atoms with van der Waals surface area (Å²) in [6.07, 6.45) is -2.72. The first-order valence-electron chi connectivity index (χ1n) is 8.58. The molecule has 2 N–H and O–H groups in total. The molecule has 2 aromatic carbocycles. The third-order valence-electron chi connectivity index (χ3n) is 4.02. The van der Waals surface area contributed by atoms with Crippen molar-refractivity contribution < 1.29 is 32.6 Å². The standard InChI is InChI=1S/C19H17F3N4O3/c20-19(21,22)14-7-4-8-15(10-14)23-18(28)24-17-11-26(25-29-17)16(12-27)9-13-5-2-1-3-6-13/h1-8,10-11,16,27H,9,12H2,(H-,23,24,25,28)/t16-/m1/s1. The van der Waals surface area contributed by atoms with Crippen LogP contribution < -0.4 is 15.1 Å². The molecule has 152 valence electrons. The minimum atomic E-state index is -4.52. The topological polar surface area (TPSA) is 97.6 Å². The number of aliphatic hydroxyl groups excluding tert-OH is 1. The molecule has 10 heteroatoms. The second kappa shape index (κ2) is 8.74. The third kappa shape index (κ3) is 5.55. The van der Waals surface area contributed by atoms with E-state index in [9.17, 15) is 23.4 Å². The first kappa shape index (κ1) is 20.3. The van der Waals surface area contributed by atoms with Gasteiger partial charge in [0.05, 0.1) is 11.6 Å². The molecule has 0 spiro atoms. The van der Waals surface area contributed by atoms with Gasteiger partial charge in [-0.1, -0.05) is 36.4 Å². The average Bonchev–Trinajstić information content (AvgIpc) is 3.14. The van der Waals surface area contributed by atoms with Gasteiger partial charge in [0.15, 0.2) is 0 Å². The zero-order chi connectivity index (χ0) is 20.9. The molecule has 0 saturated heterocycles. The maximum atomic E-state index is 12.7. The first-order chi connectivity index (χ1) is 13.8. The van der Waals surface area contributed by atoms with Gasteiger partial charge >= 0.3 is 12.1 Å². The maximum absolute atomic E-state index is 12.7. The van der Waals surface area contributed by atoms with Crippen LogP contribution in [-0.2, 0) is 12.6 Å². The molecular formula is C19H17F3N4O3. The monoisotopic (exact) mass is 406 g/mol. The third-order valence-corrected chi connectivity index (χ3v) is 4.02. The van der Waals surface area contributed by atoms with E-state index in [1.807, 2.05) is 30.3 Å². The second-order valence-corrected chi connectivity index (χ2v) is 6.17. The number of benzene rings is 2. The normalized spacial score (nSPS) is 13.3. The van der Waals surface area contributed by atoms with Crippen molar-refractivity contribution in [1.29, 1.82) is 0 Å². The molecule has 0 radical (unpaired) electrons. The Morgan fingerprint density at radius 2 is 1.97 bits per heavy atom. The number of hydrogen-bond donors (Lipinski definition) is 2. The van der Waals surface area contributed by atoms with Crippen molar-refractivity contribution in [3.8, 4) is 0 Å². The van der Waals surface area contributed by atoms with E-state index in [1.54, 1.807) is 0 Å². The summed E-state index contributed by atoms with van der Waals surface area (Å²) in [6, 6.07) is 12.2. The summed E-state index contributed by atoms with van der Waals surface area (Å²) in [5, 5.41) is 27.6. The Morgan fingerprint density at radius 3 is 2.66 bits per heavy atom. The van der Waals surface area contributed by atoms with Gasteiger partial charge in [-0.3, -0.25) is 4.52 Å². The maximum Gasteiger partial charge on any atom is 0.416 e. The molecule has 0 fully saturated rings. The fourth-order valence-electron chi connectivity index (χ4n) is 2.62. The van der Waals surface area contributed by atoms with Gasteiger partial charge in [0, 0.05) is 12.1 Å². The van der Waals surface area contributed by atoms with Crippen LogP contribution in [0.2, 0.25) is 0 Å². The van der Waals surface area contributed by atoms with Crippen LogP contribution in [0, 0.1) is 0 Å². The zero-order valence-electron chi connectivity index (χ0n) is 15.0. The minimum Gasteiger partial charge on any atom is -0.846 e. The van der Waals surface area contributed by atoms with E-state index >= 15 is 0 Å². The SMILES string of the molecule is [O-]C(=Nc1c[n+]([C@@H](CO)Cc2ccccc2)no1)Nc1cccc(C(F)(F)F)c1. The van der Waals surface area contributed by atoms with E-state index in [4.69, 9.17) is 4.52 Å². The van der Waals surface area contributed by atoms with Crippen LogP contribution in [0.3, 0.4) is 0 Å². The number of aliphatic imine (C=N–C) groups is 1. The Balaban J connectivity index is 1.70. The summed E-state index contributed by atoms with van der Waals surface area (Å²) in [6.45, 7) is -0.220. The highest BCUT2D eigenvalue weighted by atomic mass is 19.4. The van der Waals surface area contributed by atoms with Crippen molar-refractivity contribution in [1.82, 2.24) is 5.27 Å². The molecule has 0 amide bonds. The summed E-state index contributed by atoms with van der Waals surface area (Å²) >= 11 is 0. The molecule has 1 atom stereocenters. The van der Waals surface area contributed by atoms with Crippen molar-refractivity contribution in [3.05, 3.63) is 71.9 Å². The molecule has 0 aliphatic heterocycles. The smallest absolute Gasteiger partial charge is 0.416 e. The summed E-state index contributed by atoms with van der Waals surface area (Å²) in [4.78, 5) is 3.63. The minimum absolute atomic E-state index is 0.0571. The molecule has 0 saturated carbocycles. The van der Waals surface area contributed by atoms with Gasteiger partial charge in [-0.15, -0.1) is 0 Å². The number of amidine groups is 1. The lowest BCUT2D eigenvalue weighted by Crippen LogP contribution is -2.43. The van der Waals surface area contributed by atoms with Crippen LogP contribution in [0.5, 0.6) is 0 Å². The average molecular weight is 406 g/mol. The van der Waals surface area contributed by atoms with Crippen molar-refractivity contribution in [2.24, 2.45) is 4.99 Å². The Kier molecular flexibility index (Phi) is 6.13. The highest BCUT2D eigenvalue weighted by molar-refractivity contribution is 5.87. The largest absolute Gasteiger partial charge is 0.846 e. The number of aliphatic hydroxyl groups is 1. The van der Waals surface area contributed by atoms with Gasteiger partial charge in [-0.2, -0.15) is 13.2 Å². The number of aromatic nitrogens is 2. The number of nitrogens with one attached hydrogen (secondary N) is 1. The van der Waals surface area contributed by atoms with Crippen molar-refractivity contribution in [2.75, 3.05) is 11.9 Å². The summed E-state index contributed by atoms with van der Waals surface area (Å²) in [5.41, 5.74) is 0.0283. The molecule has 3 rings (SSSR count). The Labute approximate surface area is 163 Å². The molecule has 0 aliphatic rings. The molecule has 0 bridgehead atoms. The fourth-order valence-corrected chi connectivity index (χ4v) is 2.62. The number of nitrogens with zero attached hydrogens (tertiary/aromatic N) is 3. The van der Waals surface area contributed by atoms with Crippen LogP contribution in [-0.4, -0.2) is 23.0 Å². The molecular weight excluding hydrogens is 389 g/mol. The first-order valence-corrected chi connectivity index (χ1v) is 8.58. The Hall–Kier alpha value is -3.40. The summed E-state index contributed by atoms with van der Waals surface area (Å²) < 4.78 is 44.5. The lowest BCUT2D eigenvalue weighted by Gasteiger charge is -2.14. The van der Waals surface area contributed by atoms with E-state index in [-0.39, 0.29) is 18.2 Å². The number of alkyl halides is 3. The Morgan fingerprint density at radius 1 is 1.21 bits per heavy atom. The number of rotatable bonds is 6. The van der Waals surface area contributed by atoms with Crippen molar-refractivity contribution in [2.45, 2.75) is 18.6 Å². The van der Waals surface area contributed by atoms with Crippen molar-refractivity contribution >= 4 is 17.6 Å².